The number of pyridine rings is 1. The zero-order chi connectivity index (χ0) is 19.6. The number of hydrogen-bond donors (Lipinski definition) is 0. The lowest BCUT2D eigenvalue weighted by molar-refractivity contribution is 0.143. The van der Waals surface area contributed by atoms with Crippen molar-refractivity contribution in [3.05, 3.63) is 46.6 Å². The van der Waals surface area contributed by atoms with Crippen LogP contribution < -0.4 is 4.74 Å². The normalized spacial score (nSPS) is 11.0. The molecule has 2 aromatic rings. The maximum absolute atomic E-state index is 5.80. The first kappa shape index (κ1) is 21.4. The fourth-order valence-corrected chi connectivity index (χ4v) is 3.69. The fourth-order valence-electron chi connectivity index (χ4n) is 3.69. The van der Waals surface area contributed by atoms with E-state index in [1.54, 1.807) is 7.11 Å². The highest BCUT2D eigenvalue weighted by molar-refractivity contribution is 5.70. The van der Waals surface area contributed by atoms with E-state index in [1.165, 1.54) is 22.3 Å². The monoisotopic (exact) mass is 369 g/mol. The van der Waals surface area contributed by atoms with Crippen molar-refractivity contribution < 1.29 is 9.47 Å². The Bertz CT molecular complexity index is 677. The third-order valence-electron chi connectivity index (χ3n) is 5.15. The maximum Gasteiger partial charge on any atom is 0.126 e. The number of nitrogens with zero attached hydrogens (tertiary/aromatic N) is 1. The molecule has 0 saturated heterocycles. The summed E-state index contributed by atoms with van der Waals surface area (Å²) in [4.78, 5) is 5.09. The quantitative estimate of drug-likeness (QED) is 0.469. The summed E-state index contributed by atoms with van der Waals surface area (Å²) in [7, 11) is 1.77. The van der Waals surface area contributed by atoms with Gasteiger partial charge in [-0.2, -0.15) is 0 Å². The summed E-state index contributed by atoms with van der Waals surface area (Å²) in [6, 6.07) is 8.74. The van der Waals surface area contributed by atoms with Crippen LogP contribution in [-0.2, 0) is 30.4 Å². The Hall–Kier alpha value is -1.87. The lowest BCUT2D eigenvalue weighted by Crippen LogP contribution is -2.05. The van der Waals surface area contributed by atoms with Crippen molar-refractivity contribution in [1.29, 1.82) is 0 Å². The molecule has 0 atom stereocenters. The predicted molar refractivity (Wildman–Crippen MR) is 114 cm³/mol. The molecule has 3 nitrogen and oxygen atoms in total. The summed E-state index contributed by atoms with van der Waals surface area (Å²) in [5.41, 5.74) is 7.47. The van der Waals surface area contributed by atoms with Gasteiger partial charge < -0.3 is 9.47 Å². The second-order valence-corrected chi connectivity index (χ2v) is 6.80. The van der Waals surface area contributed by atoms with Gasteiger partial charge in [0.05, 0.1) is 12.8 Å². The van der Waals surface area contributed by atoms with Gasteiger partial charge in [-0.05, 0) is 56.6 Å². The molecule has 0 amide bonds. The Balaban J connectivity index is 2.41. The standard InChI is InChI=1S/C24H35NO2/c1-6-18-13-12-14-19(7-2)24(18)22-17-23(26-5)20(21(8-3)25-22)15-10-11-16-27-9-4/h12-14,17H,6-11,15-16H2,1-5H3. The molecule has 0 spiro atoms. The van der Waals surface area contributed by atoms with Crippen molar-refractivity contribution >= 4 is 0 Å². The molecule has 0 fully saturated rings. The van der Waals surface area contributed by atoms with E-state index in [2.05, 4.69) is 45.0 Å². The van der Waals surface area contributed by atoms with Crippen molar-refractivity contribution in [2.45, 2.75) is 66.2 Å². The number of unbranched alkanes of at least 4 members (excludes halogenated alkanes) is 1. The second kappa shape index (κ2) is 11.1. The van der Waals surface area contributed by atoms with Crippen LogP contribution in [0.2, 0.25) is 0 Å². The maximum atomic E-state index is 5.80. The molecule has 0 aliphatic rings. The molecular formula is C24H35NO2. The Morgan fingerprint density at radius 3 is 2.19 bits per heavy atom. The fraction of sp³-hybridized carbons (Fsp3) is 0.542. The minimum Gasteiger partial charge on any atom is -0.496 e. The zero-order valence-corrected chi connectivity index (χ0v) is 17.7. The van der Waals surface area contributed by atoms with Crippen LogP contribution in [0.15, 0.2) is 24.3 Å². The average Bonchev–Trinajstić information content (AvgIpc) is 2.72. The SMILES string of the molecule is CCOCCCCc1c(OC)cc(-c2c(CC)cccc2CC)nc1CC. The third kappa shape index (κ3) is 5.32. The predicted octanol–water partition coefficient (Wildman–Crippen LogP) is 5.80. The highest BCUT2D eigenvalue weighted by atomic mass is 16.5. The Morgan fingerprint density at radius 2 is 1.63 bits per heavy atom. The van der Waals surface area contributed by atoms with Crippen LogP contribution in [0, 0.1) is 0 Å². The summed E-state index contributed by atoms with van der Waals surface area (Å²) in [6.45, 7) is 10.3. The topological polar surface area (TPSA) is 31.4 Å². The first-order valence-corrected chi connectivity index (χ1v) is 10.5. The molecule has 0 bridgehead atoms. The third-order valence-corrected chi connectivity index (χ3v) is 5.15. The minimum atomic E-state index is 0.788. The van der Waals surface area contributed by atoms with Crippen LogP contribution >= 0.6 is 0 Å². The first-order chi connectivity index (χ1) is 13.2. The number of hydrogen-bond acceptors (Lipinski definition) is 3. The van der Waals surface area contributed by atoms with Gasteiger partial charge in [0.15, 0.2) is 0 Å². The van der Waals surface area contributed by atoms with Gasteiger partial charge in [0.25, 0.3) is 0 Å². The Labute approximate surface area is 165 Å². The van der Waals surface area contributed by atoms with Crippen LogP contribution in [0.5, 0.6) is 5.75 Å². The summed E-state index contributed by atoms with van der Waals surface area (Å²) in [6.07, 6.45) is 6.09. The van der Waals surface area contributed by atoms with Crippen molar-refractivity contribution in [3.63, 3.8) is 0 Å². The molecule has 0 N–H and O–H groups in total. The van der Waals surface area contributed by atoms with E-state index in [4.69, 9.17) is 14.5 Å². The second-order valence-electron chi connectivity index (χ2n) is 6.80. The van der Waals surface area contributed by atoms with Gasteiger partial charge in [0, 0.05) is 36.1 Å². The molecule has 1 aromatic heterocycles. The van der Waals surface area contributed by atoms with Crippen LogP contribution in [0.3, 0.4) is 0 Å². The van der Waals surface area contributed by atoms with E-state index in [1.807, 2.05) is 6.92 Å². The molecule has 0 radical (unpaired) electrons. The Morgan fingerprint density at radius 1 is 0.926 bits per heavy atom. The minimum absolute atomic E-state index is 0.788. The summed E-state index contributed by atoms with van der Waals surface area (Å²) < 4.78 is 11.3. The molecule has 1 heterocycles. The van der Waals surface area contributed by atoms with E-state index in [-0.39, 0.29) is 0 Å². The van der Waals surface area contributed by atoms with E-state index in [9.17, 15) is 0 Å². The highest BCUT2D eigenvalue weighted by Gasteiger charge is 2.16. The van der Waals surface area contributed by atoms with E-state index < -0.39 is 0 Å². The van der Waals surface area contributed by atoms with Crippen LogP contribution in [-0.4, -0.2) is 25.3 Å². The van der Waals surface area contributed by atoms with Gasteiger partial charge in [-0.15, -0.1) is 0 Å². The molecule has 0 aliphatic carbocycles. The lowest BCUT2D eigenvalue weighted by atomic mass is 9.93. The number of benzene rings is 1. The van der Waals surface area contributed by atoms with Gasteiger partial charge in [-0.1, -0.05) is 39.0 Å². The molecule has 0 aliphatic heterocycles. The molecule has 2 rings (SSSR count). The summed E-state index contributed by atoms with van der Waals surface area (Å²) >= 11 is 0. The van der Waals surface area contributed by atoms with Gasteiger partial charge in [0.2, 0.25) is 0 Å². The average molecular weight is 370 g/mol. The van der Waals surface area contributed by atoms with E-state index >= 15 is 0 Å². The number of ether oxygens (including phenoxy) is 2. The number of aromatic nitrogens is 1. The molecule has 148 valence electrons. The van der Waals surface area contributed by atoms with Crippen molar-refractivity contribution in [3.8, 4) is 17.0 Å². The van der Waals surface area contributed by atoms with Crippen molar-refractivity contribution in [1.82, 2.24) is 4.98 Å². The van der Waals surface area contributed by atoms with Crippen LogP contribution in [0.1, 0.15) is 62.9 Å². The largest absolute Gasteiger partial charge is 0.496 e. The van der Waals surface area contributed by atoms with Crippen LogP contribution in [0.4, 0.5) is 0 Å². The molecule has 27 heavy (non-hydrogen) atoms. The van der Waals surface area contributed by atoms with Gasteiger partial charge >= 0.3 is 0 Å². The number of rotatable bonds is 11. The van der Waals surface area contributed by atoms with Gasteiger partial charge in [-0.3, -0.25) is 4.98 Å². The molecule has 3 heteroatoms. The Kier molecular flexibility index (Phi) is 8.80. The highest BCUT2D eigenvalue weighted by Crippen LogP contribution is 2.33. The molecular weight excluding hydrogens is 334 g/mol. The first-order valence-electron chi connectivity index (χ1n) is 10.5. The van der Waals surface area contributed by atoms with E-state index in [0.29, 0.717) is 0 Å². The smallest absolute Gasteiger partial charge is 0.126 e. The number of methoxy groups -OCH3 is 1. The summed E-state index contributed by atoms with van der Waals surface area (Å²) in [5.74, 6) is 0.973. The van der Waals surface area contributed by atoms with Gasteiger partial charge in [-0.25, -0.2) is 0 Å². The summed E-state index contributed by atoms with van der Waals surface area (Å²) in [5, 5.41) is 0. The van der Waals surface area contributed by atoms with Crippen molar-refractivity contribution in [2.24, 2.45) is 0 Å². The molecule has 0 saturated carbocycles. The number of aryl methyl sites for hydroxylation is 3. The zero-order valence-electron chi connectivity index (χ0n) is 17.7. The van der Waals surface area contributed by atoms with Crippen LogP contribution in [0.25, 0.3) is 11.3 Å². The van der Waals surface area contributed by atoms with E-state index in [0.717, 1.165) is 68.9 Å². The van der Waals surface area contributed by atoms with Crippen molar-refractivity contribution in [2.75, 3.05) is 20.3 Å². The van der Waals surface area contributed by atoms with Gasteiger partial charge in [0.1, 0.15) is 5.75 Å². The molecule has 1 aromatic carbocycles. The lowest BCUT2D eigenvalue weighted by Gasteiger charge is -2.18. The molecule has 0 unspecified atom stereocenters.